The Morgan fingerprint density at radius 3 is 2.85 bits per heavy atom. The first-order valence-corrected chi connectivity index (χ1v) is 10.5. The van der Waals surface area contributed by atoms with Crippen LogP contribution in [0.2, 0.25) is 5.02 Å². The van der Waals surface area contributed by atoms with Crippen molar-refractivity contribution in [1.29, 1.82) is 0 Å². The molecule has 140 valence electrons. The average molecular weight is 373 g/mol. The molecule has 1 saturated heterocycles. The fourth-order valence-corrected chi connectivity index (χ4v) is 5.51. The minimum atomic E-state index is 0.176. The summed E-state index contributed by atoms with van der Waals surface area (Å²) in [5, 5.41) is 1.88. The van der Waals surface area contributed by atoms with E-state index in [1.807, 2.05) is 19.2 Å². The molecule has 0 spiro atoms. The van der Waals surface area contributed by atoms with Gasteiger partial charge in [0.05, 0.1) is 5.02 Å². The van der Waals surface area contributed by atoms with Gasteiger partial charge in [0.15, 0.2) is 0 Å². The van der Waals surface area contributed by atoms with Gasteiger partial charge < -0.3 is 9.47 Å². The highest BCUT2D eigenvalue weighted by Gasteiger charge is 2.36. The van der Waals surface area contributed by atoms with E-state index in [-0.39, 0.29) is 5.92 Å². The topological polar surface area (TPSA) is 25.2 Å². The number of aryl methyl sites for hydroxylation is 1. The van der Waals surface area contributed by atoms with Crippen molar-refractivity contribution >= 4 is 28.4 Å². The van der Waals surface area contributed by atoms with Crippen LogP contribution in [0, 0.1) is 5.92 Å². The highest BCUT2D eigenvalue weighted by Crippen LogP contribution is 2.38. The number of carbonyl (C=O) groups excluding carboxylic acids is 1. The van der Waals surface area contributed by atoms with E-state index in [4.69, 9.17) is 11.6 Å². The summed E-state index contributed by atoms with van der Waals surface area (Å²) in [6.45, 7) is 3.11. The number of nitrogens with zero attached hydrogens (tertiary/aromatic N) is 2. The third kappa shape index (κ3) is 3.15. The number of aromatic nitrogens is 1. The summed E-state index contributed by atoms with van der Waals surface area (Å²) >= 11 is 6.49. The molecule has 0 radical (unpaired) electrons. The van der Waals surface area contributed by atoms with E-state index in [2.05, 4.69) is 28.7 Å². The van der Waals surface area contributed by atoms with Gasteiger partial charge in [-0.2, -0.15) is 0 Å². The number of hydrogen-bond acceptors (Lipinski definition) is 1. The minimum absolute atomic E-state index is 0.176. The molecule has 26 heavy (non-hydrogen) atoms. The van der Waals surface area contributed by atoms with Crippen LogP contribution >= 0.6 is 11.6 Å². The number of likely N-dealkylation sites (tertiary alicyclic amines) is 1. The van der Waals surface area contributed by atoms with Crippen molar-refractivity contribution in [2.75, 3.05) is 6.54 Å². The fraction of sp³-hybridized carbons (Fsp3) is 0.591. The van der Waals surface area contributed by atoms with Crippen LogP contribution in [0.25, 0.3) is 10.9 Å². The molecule has 1 aromatic carbocycles. The summed E-state index contributed by atoms with van der Waals surface area (Å²) in [6, 6.07) is 6.52. The van der Waals surface area contributed by atoms with Crippen LogP contribution in [-0.2, 0) is 11.8 Å². The molecule has 2 fully saturated rings. The molecule has 1 amide bonds. The second-order valence-corrected chi connectivity index (χ2v) is 8.68. The van der Waals surface area contributed by atoms with E-state index < -0.39 is 0 Å². The number of carbonyl (C=O) groups is 1. The van der Waals surface area contributed by atoms with Gasteiger partial charge in [-0.05, 0) is 55.2 Å². The Labute approximate surface area is 161 Å². The molecule has 4 rings (SSSR count). The first kappa shape index (κ1) is 17.9. The molecule has 2 heterocycles. The summed E-state index contributed by atoms with van der Waals surface area (Å²) < 4.78 is 2.12. The number of rotatable bonds is 3. The van der Waals surface area contributed by atoms with Crippen molar-refractivity contribution < 1.29 is 4.79 Å². The Kier molecular flexibility index (Phi) is 5.00. The van der Waals surface area contributed by atoms with Crippen LogP contribution < -0.4 is 0 Å². The lowest BCUT2D eigenvalue weighted by molar-refractivity contribution is -0.137. The molecule has 0 bridgehead atoms. The van der Waals surface area contributed by atoms with Gasteiger partial charge in [0, 0.05) is 43.2 Å². The van der Waals surface area contributed by atoms with E-state index in [0.29, 0.717) is 18.4 Å². The van der Waals surface area contributed by atoms with Crippen molar-refractivity contribution in [3.8, 4) is 0 Å². The Morgan fingerprint density at radius 2 is 2.00 bits per heavy atom. The van der Waals surface area contributed by atoms with Crippen molar-refractivity contribution in [2.24, 2.45) is 13.0 Å². The van der Waals surface area contributed by atoms with Crippen LogP contribution in [0.5, 0.6) is 0 Å². The molecular weight excluding hydrogens is 344 g/mol. The number of benzene rings is 1. The van der Waals surface area contributed by atoms with Gasteiger partial charge >= 0.3 is 0 Å². The summed E-state index contributed by atoms with van der Waals surface area (Å²) in [5.41, 5.74) is 2.33. The Bertz CT molecular complexity index is 810. The molecule has 1 aliphatic carbocycles. The maximum absolute atomic E-state index is 13.2. The molecule has 3 nitrogen and oxygen atoms in total. The lowest BCUT2D eigenvalue weighted by Gasteiger charge is -2.44. The summed E-state index contributed by atoms with van der Waals surface area (Å²) in [6.07, 6.45) is 10.3. The Morgan fingerprint density at radius 1 is 1.23 bits per heavy atom. The van der Waals surface area contributed by atoms with Crippen LogP contribution in [0.4, 0.5) is 0 Å². The maximum Gasteiger partial charge on any atom is 0.223 e. The molecule has 4 heteroatoms. The average Bonchev–Trinajstić information content (AvgIpc) is 2.99. The minimum Gasteiger partial charge on any atom is -0.350 e. The first-order chi connectivity index (χ1) is 12.6. The molecule has 3 atom stereocenters. The first-order valence-electron chi connectivity index (χ1n) is 10.1. The maximum atomic E-state index is 13.2. The smallest absolute Gasteiger partial charge is 0.223 e. The number of halogens is 1. The van der Waals surface area contributed by atoms with Gasteiger partial charge in [-0.25, -0.2) is 0 Å². The van der Waals surface area contributed by atoms with Crippen molar-refractivity contribution in [1.82, 2.24) is 9.47 Å². The second-order valence-electron chi connectivity index (χ2n) is 8.28. The van der Waals surface area contributed by atoms with Crippen LogP contribution in [0.3, 0.4) is 0 Å². The number of fused-ring (bicyclic) bond motifs is 2. The standard InChI is InChI=1S/C22H29ClN2O/c1-15(17-14-24(2)20-11-5-9-18(23)22(17)20)13-21(26)25-12-6-8-16-7-3-4-10-19(16)25/h5,9,11,14-16,19H,3-4,6-8,10,12-13H2,1-2H3. The molecule has 1 saturated carbocycles. The van der Waals surface area contributed by atoms with E-state index in [1.165, 1.54) is 44.1 Å². The molecule has 0 N–H and O–H groups in total. The molecule has 1 aliphatic heterocycles. The quantitative estimate of drug-likeness (QED) is 0.697. The molecular formula is C22H29ClN2O. The second kappa shape index (κ2) is 7.26. The van der Waals surface area contributed by atoms with Gasteiger partial charge in [0.2, 0.25) is 5.91 Å². The summed E-state index contributed by atoms with van der Waals surface area (Å²) in [7, 11) is 2.05. The zero-order valence-corrected chi connectivity index (χ0v) is 16.6. The van der Waals surface area contributed by atoms with Gasteiger partial charge in [0.1, 0.15) is 0 Å². The van der Waals surface area contributed by atoms with E-state index in [0.717, 1.165) is 28.4 Å². The predicted octanol–water partition coefficient (Wildman–Crippen LogP) is 5.51. The van der Waals surface area contributed by atoms with Gasteiger partial charge in [-0.1, -0.05) is 37.4 Å². The van der Waals surface area contributed by atoms with Crippen LogP contribution in [0.1, 0.15) is 63.4 Å². The Balaban J connectivity index is 1.55. The zero-order chi connectivity index (χ0) is 18.3. The van der Waals surface area contributed by atoms with Crippen molar-refractivity contribution in [2.45, 2.75) is 63.8 Å². The highest BCUT2D eigenvalue weighted by atomic mass is 35.5. The normalized spacial score (nSPS) is 24.5. The zero-order valence-electron chi connectivity index (χ0n) is 15.9. The summed E-state index contributed by atoms with van der Waals surface area (Å²) in [4.78, 5) is 15.4. The van der Waals surface area contributed by atoms with Crippen molar-refractivity contribution in [3.63, 3.8) is 0 Å². The molecule has 2 aliphatic rings. The summed E-state index contributed by atoms with van der Waals surface area (Å²) in [5.74, 6) is 1.25. The third-order valence-corrected chi connectivity index (χ3v) is 6.88. The fourth-order valence-electron chi connectivity index (χ4n) is 5.23. The van der Waals surface area contributed by atoms with E-state index in [1.54, 1.807) is 0 Å². The number of amides is 1. The number of hydrogen-bond donors (Lipinski definition) is 0. The van der Waals surface area contributed by atoms with Crippen LogP contribution in [-0.4, -0.2) is 28.0 Å². The van der Waals surface area contributed by atoms with Crippen molar-refractivity contribution in [3.05, 3.63) is 35.0 Å². The molecule has 1 aromatic heterocycles. The largest absolute Gasteiger partial charge is 0.350 e. The van der Waals surface area contributed by atoms with Gasteiger partial charge in [-0.3, -0.25) is 4.79 Å². The third-order valence-electron chi connectivity index (χ3n) is 6.57. The van der Waals surface area contributed by atoms with E-state index >= 15 is 0 Å². The molecule has 2 aromatic rings. The monoisotopic (exact) mass is 372 g/mol. The lowest BCUT2D eigenvalue weighted by atomic mass is 9.78. The van der Waals surface area contributed by atoms with E-state index in [9.17, 15) is 4.79 Å². The SMILES string of the molecule is CC(CC(=O)N1CCCC2CCCCC21)c1cn(C)c2cccc(Cl)c12. The van der Waals surface area contributed by atoms with Gasteiger partial charge in [-0.15, -0.1) is 0 Å². The highest BCUT2D eigenvalue weighted by molar-refractivity contribution is 6.35. The number of piperidine rings is 1. The predicted molar refractivity (Wildman–Crippen MR) is 108 cm³/mol. The Hall–Kier alpha value is -1.48. The van der Waals surface area contributed by atoms with Crippen LogP contribution in [0.15, 0.2) is 24.4 Å². The molecule has 3 unspecified atom stereocenters. The lowest BCUT2D eigenvalue weighted by Crippen LogP contribution is -2.49. The van der Waals surface area contributed by atoms with Gasteiger partial charge in [0.25, 0.3) is 0 Å².